The lowest BCUT2D eigenvalue weighted by Gasteiger charge is -2.37. The molecule has 5 rings (SSSR count). The highest BCUT2D eigenvalue weighted by Crippen LogP contribution is 2.40. The molecule has 0 bridgehead atoms. The molecule has 8 heteroatoms. The molecule has 8 nitrogen and oxygen atoms in total. The highest BCUT2D eigenvalue weighted by Gasteiger charge is 2.30. The lowest BCUT2D eigenvalue weighted by molar-refractivity contribution is 0.0710. The number of nitrogens with one attached hydrogen (secondary N) is 1. The van der Waals surface area contributed by atoms with E-state index in [9.17, 15) is 9.59 Å². The molecule has 1 saturated heterocycles. The van der Waals surface area contributed by atoms with E-state index >= 15 is 0 Å². The number of anilines is 1. The number of aromatic nitrogens is 4. The Bertz CT molecular complexity index is 1260. The van der Waals surface area contributed by atoms with Gasteiger partial charge in [-0.3, -0.25) is 9.59 Å². The van der Waals surface area contributed by atoms with E-state index in [2.05, 4.69) is 32.5 Å². The highest BCUT2D eigenvalue weighted by atomic mass is 16.2. The van der Waals surface area contributed by atoms with Crippen LogP contribution in [0.2, 0.25) is 0 Å². The topological polar surface area (TPSA) is 87.1 Å². The Kier molecular flexibility index (Phi) is 5.52. The maximum atomic E-state index is 13.5. The van der Waals surface area contributed by atoms with Crippen molar-refractivity contribution in [3.8, 4) is 0 Å². The first-order chi connectivity index (χ1) is 16.0. The number of amides is 1. The molecule has 1 saturated carbocycles. The predicted octanol–water partition coefficient (Wildman–Crippen LogP) is 3.23. The van der Waals surface area contributed by atoms with Gasteiger partial charge in [0.1, 0.15) is 17.2 Å². The molecule has 0 atom stereocenters. The maximum Gasteiger partial charge on any atom is 0.275 e. The number of aromatic amines is 1. The van der Waals surface area contributed by atoms with Gasteiger partial charge >= 0.3 is 0 Å². The normalized spacial score (nSPS) is 16.8. The second kappa shape index (κ2) is 8.50. The number of hydrogen-bond acceptors (Lipinski definition) is 5. The number of fused-ring (bicyclic) bond motifs is 1. The van der Waals surface area contributed by atoms with Gasteiger partial charge in [-0.15, -0.1) is 6.58 Å². The largest absolute Gasteiger partial charge is 0.357 e. The van der Waals surface area contributed by atoms with Crippen LogP contribution in [0.15, 0.2) is 42.0 Å². The first-order valence-corrected chi connectivity index (χ1v) is 11.7. The number of carbonyl (C=O) groups is 1. The molecule has 2 aliphatic rings. The zero-order valence-electron chi connectivity index (χ0n) is 19.3. The standard InChI is InChI=1S/C25H30N6O2/c1-4-11-31-15-20(19-7-10-26-23(19)25(31)33)24(32)29(3)18-8-12-30(13-9-18)22-14-21(17-5-6-17)27-16(2)28-22/h4,7,10,14-15,17-18,26H,1,5-6,8-9,11-13H2,2-3H3. The van der Waals surface area contributed by atoms with Crippen molar-refractivity contribution >= 4 is 22.6 Å². The fourth-order valence-electron chi connectivity index (χ4n) is 4.81. The van der Waals surface area contributed by atoms with Gasteiger partial charge in [-0.25, -0.2) is 9.97 Å². The molecule has 3 aromatic heterocycles. The van der Waals surface area contributed by atoms with Crippen LogP contribution in [0.25, 0.3) is 10.9 Å². The van der Waals surface area contributed by atoms with Gasteiger partial charge in [0, 0.05) is 68.2 Å². The molecule has 1 aliphatic heterocycles. The fourth-order valence-corrected chi connectivity index (χ4v) is 4.81. The zero-order valence-corrected chi connectivity index (χ0v) is 19.3. The number of hydrogen-bond donors (Lipinski definition) is 1. The van der Waals surface area contributed by atoms with Gasteiger partial charge in [0.15, 0.2) is 0 Å². The lowest BCUT2D eigenvalue weighted by Crippen LogP contribution is -2.46. The van der Waals surface area contributed by atoms with E-state index in [0.717, 1.165) is 43.3 Å². The molecule has 33 heavy (non-hydrogen) atoms. The summed E-state index contributed by atoms with van der Waals surface area (Å²) in [6, 6.07) is 4.08. The quantitative estimate of drug-likeness (QED) is 0.588. The Labute approximate surface area is 192 Å². The maximum absolute atomic E-state index is 13.5. The monoisotopic (exact) mass is 446 g/mol. The number of carbonyl (C=O) groups excluding carboxylic acids is 1. The summed E-state index contributed by atoms with van der Waals surface area (Å²) >= 11 is 0. The molecule has 2 fully saturated rings. The van der Waals surface area contributed by atoms with Gasteiger partial charge in [-0.2, -0.15) is 0 Å². The van der Waals surface area contributed by atoms with Gasteiger partial charge < -0.3 is 19.4 Å². The Morgan fingerprint density at radius 2 is 2.03 bits per heavy atom. The van der Waals surface area contributed by atoms with Gasteiger partial charge in [0.05, 0.1) is 5.56 Å². The molecule has 0 radical (unpaired) electrons. The van der Waals surface area contributed by atoms with E-state index < -0.39 is 0 Å². The SMILES string of the molecule is C=CCn1cc(C(=O)N(C)C2CCN(c3cc(C4CC4)nc(C)n3)CC2)c2cc[nH]c2c1=O. The van der Waals surface area contributed by atoms with Gasteiger partial charge in [0.25, 0.3) is 11.5 Å². The number of piperidine rings is 1. The zero-order chi connectivity index (χ0) is 23.1. The van der Waals surface area contributed by atoms with Crippen LogP contribution in [0.4, 0.5) is 5.82 Å². The summed E-state index contributed by atoms with van der Waals surface area (Å²) < 4.78 is 1.53. The number of nitrogens with zero attached hydrogens (tertiary/aromatic N) is 5. The number of allylic oxidation sites excluding steroid dienone is 1. The summed E-state index contributed by atoms with van der Waals surface area (Å²) in [6.45, 7) is 7.73. The van der Waals surface area contributed by atoms with Crippen LogP contribution in [-0.4, -0.2) is 56.5 Å². The first-order valence-electron chi connectivity index (χ1n) is 11.7. The number of H-pyrrole nitrogens is 1. The Balaban J connectivity index is 1.32. The minimum atomic E-state index is -0.145. The summed E-state index contributed by atoms with van der Waals surface area (Å²) in [4.78, 5) is 42.5. The van der Waals surface area contributed by atoms with Gasteiger partial charge in [-0.05, 0) is 38.7 Å². The molecule has 0 spiro atoms. The molecule has 3 aromatic rings. The van der Waals surface area contributed by atoms with Crippen molar-refractivity contribution in [2.75, 3.05) is 25.0 Å². The van der Waals surface area contributed by atoms with Crippen LogP contribution in [-0.2, 0) is 6.54 Å². The van der Waals surface area contributed by atoms with Gasteiger partial charge in [-0.1, -0.05) is 6.08 Å². The summed E-state index contributed by atoms with van der Waals surface area (Å²) in [5.41, 5.74) is 2.01. The smallest absolute Gasteiger partial charge is 0.275 e. The lowest BCUT2D eigenvalue weighted by atomic mass is 10.0. The molecule has 1 amide bonds. The van der Waals surface area contributed by atoms with E-state index in [-0.39, 0.29) is 17.5 Å². The first kappa shape index (κ1) is 21.4. The van der Waals surface area contributed by atoms with Crippen molar-refractivity contribution in [3.63, 3.8) is 0 Å². The minimum Gasteiger partial charge on any atom is -0.357 e. The summed E-state index contributed by atoms with van der Waals surface area (Å²) in [5.74, 6) is 2.36. The third-order valence-corrected chi connectivity index (χ3v) is 6.85. The van der Waals surface area contributed by atoms with Crippen LogP contribution in [0.3, 0.4) is 0 Å². The van der Waals surface area contributed by atoms with Crippen LogP contribution in [0.1, 0.15) is 53.5 Å². The average molecular weight is 447 g/mol. The number of pyridine rings is 1. The van der Waals surface area contributed by atoms with E-state index in [1.165, 1.54) is 17.4 Å². The van der Waals surface area contributed by atoms with Gasteiger partial charge in [0.2, 0.25) is 0 Å². The highest BCUT2D eigenvalue weighted by molar-refractivity contribution is 6.06. The Morgan fingerprint density at radius 3 is 2.73 bits per heavy atom. The van der Waals surface area contributed by atoms with E-state index in [1.807, 2.05) is 18.9 Å². The molecular weight excluding hydrogens is 416 g/mol. The molecule has 1 aliphatic carbocycles. The average Bonchev–Trinajstić information content (AvgIpc) is 3.56. The van der Waals surface area contributed by atoms with Crippen molar-refractivity contribution in [3.05, 3.63) is 64.6 Å². The second-order valence-electron chi connectivity index (χ2n) is 9.16. The molecular formula is C25H30N6O2. The molecule has 1 N–H and O–H groups in total. The van der Waals surface area contributed by atoms with E-state index in [1.54, 1.807) is 24.5 Å². The van der Waals surface area contributed by atoms with Crippen molar-refractivity contribution < 1.29 is 4.79 Å². The van der Waals surface area contributed by atoms with E-state index in [0.29, 0.717) is 28.9 Å². The van der Waals surface area contributed by atoms with Crippen molar-refractivity contribution in [2.45, 2.75) is 51.1 Å². The van der Waals surface area contributed by atoms with Crippen LogP contribution in [0, 0.1) is 6.92 Å². The van der Waals surface area contributed by atoms with Crippen molar-refractivity contribution in [1.82, 2.24) is 24.4 Å². The van der Waals surface area contributed by atoms with Crippen molar-refractivity contribution in [2.24, 2.45) is 0 Å². The summed E-state index contributed by atoms with van der Waals surface area (Å²) in [6.07, 6.45) is 9.21. The third-order valence-electron chi connectivity index (χ3n) is 6.85. The second-order valence-corrected chi connectivity index (χ2v) is 9.16. The van der Waals surface area contributed by atoms with E-state index in [4.69, 9.17) is 0 Å². The number of aryl methyl sites for hydroxylation is 1. The Hall–Kier alpha value is -3.42. The molecule has 172 valence electrons. The fraction of sp³-hybridized carbons (Fsp3) is 0.440. The summed E-state index contributed by atoms with van der Waals surface area (Å²) in [7, 11) is 1.87. The van der Waals surface area contributed by atoms with Crippen LogP contribution < -0.4 is 10.5 Å². The third kappa shape index (κ3) is 4.05. The van der Waals surface area contributed by atoms with Crippen molar-refractivity contribution in [1.29, 1.82) is 0 Å². The predicted molar refractivity (Wildman–Crippen MR) is 129 cm³/mol. The van der Waals surface area contributed by atoms with Crippen LogP contribution in [0.5, 0.6) is 0 Å². The Morgan fingerprint density at radius 1 is 1.27 bits per heavy atom. The summed E-state index contributed by atoms with van der Waals surface area (Å²) in [5, 5.41) is 0.665. The van der Waals surface area contributed by atoms with Crippen LogP contribution >= 0.6 is 0 Å². The molecule has 4 heterocycles. The molecule has 0 unspecified atom stereocenters. The number of rotatable bonds is 6. The minimum absolute atomic E-state index is 0.0650. The molecule has 0 aromatic carbocycles.